The Hall–Kier alpha value is -1.69. The van der Waals surface area contributed by atoms with Gasteiger partial charge in [-0.1, -0.05) is 19.3 Å². The summed E-state index contributed by atoms with van der Waals surface area (Å²) in [6.07, 6.45) is 7.26. The fourth-order valence-corrected chi connectivity index (χ4v) is 2.42. The lowest BCUT2D eigenvalue weighted by Gasteiger charge is -2.21. The number of nitrogens with zero attached hydrogens (tertiary/aromatic N) is 2. The first-order valence-electron chi connectivity index (χ1n) is 7.25. The van der Waals surface area contributed by atoms with Crippen LogP contribution in [-0.2, 0) is 0 Å². The van der Waals surface area contributed by atoms with Crippen LogP contribution in [0.1, 0.15) is 49.5 Å². The molecule has 2 rings (SSSR count). The Labute approximate surface area is 119 Å². The van der Waals surface area contributed by atoms with Gasteiger partial charge in [0.2, 0.25) is 0 Å². The van der Waals surface area contributed by atoms with E-state index in [4.69, 9.17) is 0 Å². The van der Waals surface area contributed by atoms with E-state index in [0.29, 0.717) is 5.82 Å². The van der Waals surface area contributed by atoms with Crippen LogP contribution in [-0.4, -0.2) is 39.7 Å². The summed E-state index contributed by atoms with van der Waals surface area (Å²) in [4.78, 5) is 20.3. The van der Waals surface area contributed by atoms with Crippen molar-refractivity contribution in [2.24, 2.45) is 0 Å². The number of aliphatic hydroxyl groups is 1. The molecule has 3 N–H and O–H groups in total. The molecule has 1 amide bonds. The largest absolute Gasteiger partial charge is 0.391 e. The third-order valence-electron chi connectivity index (χ3n) is 3.54. The van der Waals surface area contributed by atoms with E-state index in [0.717, 1.165) is 38.6 Å². The number of hydrogen-bond acceptors (Lipinski definition) is 5. The molecule has 1 fully saturated rings. The minimum Gasteiger partial charge on any atom is -0.391 e. The molecular weight excluding hydrogens is 256 g/mol. The van der Waals surface area contributed by atoms with Gasteiger partial charge in [-0.2, -0.15) is 0 Å². The maximum Gasteiger partial charge on any atom is 0.271 e. The first-order valence-corrected chi connectivity index (χ1v) is 7.25. The van der Waals surface area contributed by atoms with E-state index in [1.54, 1.807) is 6.20 Å². The van der Waals surface area contributed by atoms with Gasteiger partial charge in [-0.3, -0.25) is 4.79 Å². The fourth-order valence-electron chi connectivity index (χ4n) is 2.42. The van der Waals surface area contributed by atoms with E-state index in [-0.39, 0.29) is 17.6 Å². The number of hydrogen-bond donors (Lipinski definition) is 3. The number of carbonyl (C=O) groups is 1. The maximum absolute atomic E-state index is 12.1. The zero-order valence-electron chi connectivity index (χ0n) is 11.8. The Kier molecular flexibility index (Phi) is 5.29. The van der Waals surface area contributed by atoms with E-state index in [9.17, 15) is 9.90 Å². The molecule has 20 heavy (non-hydrogen) atoms. The van der Waals surface area contributed by atoms with Gasteiger partial charge in [-0.05, 0) is 19.8 Å². The lowest BCUT2D eigenvalue weighted by molar-refractivity contribution is 0.0814. The van der Waals surface area contributed by atoms with Crippen molar-refractivity contribution in [2.75, 3.05) is 11.9 Å². The summed E-state index contributed by atoms with van der Waals surface area (Å²) in [5, 5.41) is 15.9. The molecule has 1 saturated carbocycles. The van der Waals surface area contributed by atoms with E-state index >= 15 is 0 Å². The third kappa shape index (κ3) is 3.90. The monoisotopic (exact) mass is 278 g/mol. The van der Waals surface area contributed by atoms with Crippen LogP contribution in [0.3, 0.4) is 0 Å². The third-order valence-corrected chi connectivity index (χ3v) is 3.54. The Morgan fingerprint density at radius 2 is 2.10 bits per heavy atom. The topological polar surface area (TPSA) is 87.1 Å². The number of aromatic nitrogens is 2. The highest BCUT2D eigenvalue weighted by atomic mass is 16.3. The zero-order chi connectivity index (χ0) is 14.4. The summed E-state index contributed by atoms with van der Waals surface area (Å²) in [6.45, 7) is 2.73. The van der Waals surface area contributed by atoms with E-state index < -0.39 is 6.10 Å². The minimum absolute atomic E-state index is 0.180. The number of carbonyl (C=O) groups excluding carboxylic acids is 1. The van der Waals surface area contributed by atoms with Gasteiger partial charge < -0.3 is 15.7 Å². The average Bonchev–Trinajstić information content (AvgIpc) is 2.65. The molecule has 6 heteroatoms. The number of nitrogens with one attached hydrogen (secondary N) is 2. The van der Waals surface area contributed by atoms with Crippen LogP contribution < -0.4 is 10.6 Å². The quantitative estimate of drug-likeness (QED) is 0.723. The predicted molar refractivity (Wildman–Crippen MR) is 76.5 cm³/mol. The maximum atomic E-state index is 12.1. The van der Waals surface area contributed by atoms with Crippen molar-refractivity contribution in [3.8, 4) is 0 Å². The van der Waals surface area contributed by atoms with E-state index in [2.05, 4.69) is 20.6 Å². The van der Waals surface area contributed by atoms with Gasteiger partial charge in [0.1, 0.15) is 11.5 Å². The van der Waals surface area contributed by atoms with Crippen LogP contribution in [0.25, 0.3) is 0 Å². The van der Waals surface area contributed by atoms with Gasteiger partial charge in [0.15, 0.2) is 0 Å². The standard InChI is InChI=1S/C14H22N4O2/c1-2-15-13-9-16-11(8-17-13)14(20)18-10-6-4-3-5-7-12(10)19/h8-10,12,19H,2-7H2,1H3,(H,15,17)(H,18,20). The number of aliphatic hydroxyl groups excluding tert-OH is 1. The highest BCUT2D eigenvalue weighted by Crippen LogP contribution is 2.18. The molecule has 1 aromatic heterocycles. The molecule has 1 aliphatic rings. The molecular formula is C14H22N4O2. The predicted octanol–water partition coefficient (Wildman–Crippen LogP) is 1.33. The smallest absolute Gasteiger partial charge is 0.271 e. The average molecular weight is 278 g/mol. The normalized spacial score (nSPS) is 22.9. The molecule has 6 nitrogen and oxygen atoms in total. The van der Waals surface area contributed by atoms with Crippen LogP contribution in [0.5, 0.6) is 0 Å². The Bertz CT molecular complexity index is 435. The van der Waals surface area contributed by atoms with Crippen molar-refractivity contribution < 1.29 is 9.90 Å². The van der Waals surface area contributed by atoms with E-state index in [1.807, 2.05) is 6.92 Å². The van der Waals surface area contributed by atoms with Crippen LogP contribution in [0.4, 0.5) is 5.82 Å². The molecule has 2 atom stereocenters. The SMILES string of the molecule is CCNc1cnc(C(=O)NC2CCCCCC2O)cn1. The molecule has 0 saturated heterocycles. The first kappa shape index (κ1) is 14.7. The molecule has 2 unspecified atom stereocenters. The number of amides is 1. The highest BCUT2D eigenvalue weighted by Gasteiger charge is 2.24. The Morgan fingerprint density at radius 3 is 2.80 bits per heavy atom. The second kappa shape index (κ2) is 7.19. The Morgan fingerprint density at radius 1 is 1.30 bits per heavy atom. The van der Waals surface area contributed by atoms with Crippen LogP contribution in [0.2, 0.25) is 0 Å². The van der Waals surface area contributed by atoms with Gasteiger partial charge in [0, 0.05) is 6.54 Å². The van der Waals surface area contributed by atoms with Crippen molar-refractivity contribution >= 4 is 11.7 Å². The van der Waals surface area contributed by atoms with Crippen molar-refractivity contribution in [2.45, 2.75) is 51.2 Å². The summed E-state index contributed by atoms with van der Waals surface area (Å²) in [7, 11) is 0. The molecule has 0 aliphatic heterocycles. The van der Waals surface area contributed by atoms with Crippen molar-refractivity contribution in [1.29, 1.82) is 0 Å². The van der Waals surface area contributed by atoms with Gasteiger partial charge in [0.25, 0.3) is 5.91 Å². The van der Waals surface area contributed by atoms with Crippen molar-refractivity contribution in [3.63, 3.8) is 0 Å². The first-order chi connectivity index (χ1) is 9.70. The molecule has 1 aromatic rings. The summed E-state index contributed by atoms with van der Waals surface area (Å²) < 4.78 is 0. The number of anilines is 1. The summed E-state index contributed by atoms with van der Waals surface area (Å²) in [5.41, 5.74) is 0.281. The second-order valence-electron chi connectivity index (χ2n) is 5.10. The van der Waals surface area contributed by atoms with Gasteiger partial charge in [-0.25, -0.2) is 9.97 Å². The van der Waals surface area contributed by atoms with Gasteiger partial charge in [0.05, 0.1) is 24.5 Å². The van der Waals surface area contributed by atoms with E-state index in [1.165, 1.54) is 6.20 Å². The number of rotatable bonds is 4. The summed E-state index contributed by atoms with van der Waals surface area (Å²) >= 11 is 0. The lowest BCUT2D eigenvalue weighted by Crippen LogP contribution is -2.43. The summed E-state index contributed by atoms with van der Waals surface area (Å²) in [5.74, 6) is 0.380. The molecule has 0 bridgehead atoms. The molecule has 0 aromatic carbocycles. The minimum atomic E-state index is -0.463. The lowest BCUT2D eigenvalue weighted by atomic mass is 10.1. The van der Waals surface area contributed by atoms with Gasteiger partial charge >= 0.3 is 0 Å². The van der Waals surface area contributed by atoms with Crippen molar-refractivity contribution in [3.05, 3.63) is 18.1 Å². The van der Waals surface area contributed by atoms with Crippen LogP contribution in [0, 0.1) is 0 Å². The molecule has 110 valence electrons. The molecule has 0 spiro atoms. The zero-order valence-corrected chi connectivity index (χ0v) is 11.8. The highest BCUT2D eigenvalue weighted by molar-refractivity contribution is 5.92. The summed E-state index contributed by atoms with van der Waals surface area (Å²) in [6, 6.07) is -0.180. The Balaban J connectivity index is 1.96. The molecule has 1 aliphatic carbocycles. The van der Waals surface area contributed by atoms with Crippen LogP contribution in [0.15, 0.2) is 12.4 Å². The van der Waals surface area contributed by atoms with Crippen LogP contribution >= 0.6 is 0 Å². The molecule has 0 radical (unpaired) electrons. The fraction of sp³-hybridized carbons (Fsp3) is 0.643. The molecule has 1 heterocycles. The van der Waals surface area contributed by atoms with Gasteiger partial charge in [-0.15, -0.1) is 0 Å². The second-order valence-corrected chi connectivity index (χ2v) is 5.10. The van der Waals surface area contributed by atoms with Crippen molar-refractivity contribution in [1.82, 2.24) is 15.3 Å².